The van der Waals surface area contributed by atoms with Gasteiger partial charge in [-0.25, -0.2) is 4.39 Å². The van der Waals surface area contributed by atoms with Gasteiger partial charge in [0.25, 0.3) is 5.91 Å². The van der Waals surface area contributed by atoms with Crippen molar-refractivity contribution in [2.24, 2.45) is 0 Å². The summed E-state index contributed by atoms with van der Waals surface area (Å²) in [6.07, 6.45) is 0. The van der Waals surface area contributed by atoms with Crippen LogP contribution in [-0.2, 0) is 4.74 Å². The second kappa shape index (κ2) is 8.61. The van der Waals surface area contributed by atoms with Crippen molar-refractivity contribution < 1.29 is 13.9 Å². The SMILES string of the molecule is COCCNCCNC(=O)c1cc(C)n(-c2ccc(F)cc2)c1C. The van der Waals surface area contributed by atoms with Gasteiger partial charge in [-0.1, -0.05) is 0 Å². The van der Waals surface area contributed by atoms with Crippen molar-refractivity contribution >= 4 is 5.91 Å². The molecule has 2 N–H and O–H groups in total. The smallest absolute Gasteiger partial charge is 0.253 e. The monoisotopic (exact) mass is 333 g/mol. The molecule has 24 heavy (non-hydrogen) atoms. The van der Waals surface area contributed by atoms with Gasteiger partial charge in [0.15, 0.2) is 0 Å². The molecule has 0 aliphatic rings. The van der Waals surface area contributed by atoms with Crippen molar-refractivity contribution in [2.45, 2.75) is 13.8 Å². The normalized spacial score (nSPS) is 10.8. The molecule has 0 saturated carbocycles. The van der Waals surface area contributed by atoms with E-state index in [2.05, 4.69) is 10.6 Å². The van der Waals surface area contributed by atoms with Gasteiger partial charge < -0.3 is 19.9 Å². The van der Waals surface area contributed by atoms with Crippen LogP contribution in [0.5, 0.6) is 0 Å². The lowest BCUT2D eigenvalue weighted by Gasteiger charge is -2.10. The van der Waals surface area contributed by atoms with Gasteiger partial charge in [-0.15, -0.1) is 0 Å². The molecule has 0 saturated heterocycles. The summed E-state index contributed by atoms with van der Waals surface area (Å²) >= 11 is 0. The lowest BCUT2D eigenvalue weighted by molar-refractivity contribution is 0.0953. The molecule has 2 rings (SSSR count). The largest absolute Gasteiger partial charge is 0.383 e. The lowest BCUT2D eigenvalue weighted by Crippen LogP contribution is -2.33. The Morgan fingerprint density at radius 1 is 1.17 bits per heavy atom. The van der Waals surface area contributed by atoms with Crippen LogP contribution in [-0.4, -0.2) is 43.8 Å². The molecule has 1 aromatic heterocycles. The Kier molecular flexibility index (Phi) is 6.52. The Hall–Kier alpha value is -2.18. The number of carbonyl (C=O) groups excluding carboxylic acids is 1. The molecule has 0 fully saturated rings. The van der Waals surface area contributed by atoms with Crippen molar-refractivity contribution in [2.75, 3.05) is 33.4 Å². The Balaban J connectivity index is 2.02. The van der Waals surface area contributed by atoms with E-state index < -0.39 is 0 Å². The first-order chi connectivity index (χ1) is 11.5. The van der Waals surface area contributed by atoms with Gasteiger partial charge in [-0.2, -0.15) is 0 Å². The van der Waals surface area contributed by atoms with E-state index in [1.807, 2.05) is 24.5 Å². The zero-order valence-corrected chi connectivity index (χ0v) is 14.4. The van der Waals surface area contributed by atoms with Crippen molar-refractivity contribution in [1.82, 2.24) is 15.2 Å². The summed E-state index contributed by atoms with van der Waals surface area (Å²) in [5, 5.41) is 6.08. The van der Waals surface area contributed by atoms with E-state index in [1.165, 1.54) is 12.1 Å². The number of ether oxygens (including phenoxy) is 1. The Morgan fingerprint density at radius 2 is 1.88 bits per heavy atom. The number of hydrogen-bond donors (Lipinski definition) is 2. The van der Waals surface area contributed by atoms with Crippen molar-refractivity contribution in [3.05, 3.63) is 53.1 Å². The third-order valence-corrected chi connectivity index (χ3v) is 3.83. The number of nitrogens with zero attached hydrogens (tertiary/aromatic N) is 1. The number of aromatic nitrogens is 1. The molecule has 0 atom stereocenters. The number of rotatable bonds is 8. The average molecular weight is 333 g/mol. The predicted molar refractivity (Wildman–Crippen MR) is 92.3 cm³/mol. The quantitative estimate of drug-likeness (QED) is 0.728. The molecule has 5 nitrogen and oxygen atoms in total. The van der Waals surface area contributed by atoms with E-state index >= 15 is 0 Å². The maximum absolute atomic E-state index is 13.1. The Labute approximate surface area is 141 Å². The number of nitrogens with one attached hydrogen (secondary N) is 2. The number of carbonyl (C=O) groups is 1. The third kappa shape index (κ3) is 4.43. The number of amides is 1. The topological polar surface area (TPSA) is 55.3 Å². The second-order valence-electron chi connectivity index (χ2n) is 5.60. The summed E-state index contributed by atoms with van der Waals surface area (Å²) in [5.74, 6) is -0.384. The summed E-state index contributed by atoms with van der Waals surface area (Å²) < 4.78 is 20.0. The highest BCUT2D eigenvalue weighted by molar-refractivity contribution is 5.95. The van der Waals surface area contributed by atoms with Crippen molar-refractivity contribution in [3.63, 3.8) is 0 Å². The lowest BCUT2D eigenvalue weighted by atomic mass is 10.2. The fraction of sp³-hybridized carbons (Fsp3) is 0.389. The van der Waals surface area contributed by atoms with E-state index in [4.69, 9.17) is 4.74 Å². The molecular weight excluding hydrogens is 309 g/mol. The first-order valence-corrected chi connectivity index (χ1v) is 7.97. The summed E-state index contributed by atoms with van der Waals surface area (Å²) in [7, 11) is 1.65. The van der Waals surface area contributed by atoms with E-state index in [1.54, 1.807) is 19.2 Å². The zero-order chi connectivity index (χ0) is 17.5. The van der Waals surface area contributed by atoms with E-state index in [9.17, 15) is 9.18 Å². The van der Waals surface area contributed by atoms with Gasteiger partial charge >= 0.3 is 0 Å². The molecule has 0 spiro atoms. The van der Waals surface area contributed by atoms with Gasteiger partial charge in [-0.05, 0) is 44.2 Å². The molecule has 0 radical (unpaired) electrons. The number of benzene rings is 1. The fourth-order valence-corrected chi connectivity index (χ4v) is 2.64. The average Bonchev–Trinajstić information content (AvgIpc) is 2.86. The maximum Gasteiger partial charge on any atom is 0.253 e. The molecule has 0 unspecified atom stereocenters. The van der Waals surface area contributed by atoms with Crippen LogP contribution in [0.15, 0.2) is 30.3 Å². The molecule has 2 aromatic rings. The van der Waals surface area contributed by atoms with Crippen molar-refractivity contribution in [3.8, 4) is 5.69 Å². The molecule has 1 amide bonds. The molecule has 130 valence electrons. The number of aryl methyl sites for hydroxylation is 1. The van der Waals surface area contributed by atoms with Gasteiger partial charge in [0.2, 0.25) is 0 Å². The maximum atomic E-state index is 13.1. The van der Waals surface area contributed by atoms with Gasteiger partial charge in [0.05, 0.1) is 12.2 Å². The van der Waals surface area contributed by atoms with Gasteiger partial charge in [-0.3, -0.25) is 4.79 Å². The van der Waals surface area contributed by atoms with Gasteiger partial charge in [0.1, 0.15) is 5.82 Å². The highest BCUT2D eigenvalue weighted by Gasteiger charge is 2.16. The van der Waals surface area contributed by atoms with Crippen molar-refractivity contribution in [1.29, 1.82) is 0 Å². The van der Waals surface area contributed by atoms with Crippen LogP contribution in [0.2, 0.25) is 0 Å². The zero-order valence-electron chi connectivity index (χ0n) is 14.4. The summed E-state index contributed by atoms with van der Waals surface area (Å²) in [4.78, 5) is 12.4. The van der Waals surface area contributed by atoms with Crippen LogP contribution in [0.25, 0.3) is 5.69 Å². The molecule has 0 bridgehead atoms. The molecule has 1 aromatic carbocycles. The van der Waals surface area contributed by atoms with Crippen LogP contribution in [0.3, 0.4) is 0 Å². The standard InChI is InChI=1S/C18H24FN3O2/c1-13-12-17(18(23)21-9-8-20-10-11-24-3)14(2)22(13)16-6-4-15(19)5-7-16/h4-7,12,20H,8-11H2,1-3H3,(H,21,23). The van der Waals surface area contributed by atoms with E-state index in [0.717, 1.165) is 23.6 Å². The predicted octanol–water partition coefficient (Wildman–Crippen LogP) is 2.20. The van der Waals surface area contributed by atoms with E-state index in [0.29, 0.717) is 25.3 Å². The molecule has 0 aliphatic heterocycles. The van der Waals surface area contributed by atoms with Crippen LogP contribution < -0.4 is 10.6 Å². The first kappa shape index (κ1) is 18.2. The highest BCUT2D eigenvalue weighted by atomic mass is 19.1. The number of hydrogen-bond acceptors (Lipinski definition) is 3. The van der Waals surface area contributed by atoms with Crippen LogP contribution >= 0.6 is 0 Å². The van der Waals surface area contributed by atoms with Crippen LogP contribution in [0.4, 0.5) is 4.39 Å². The van der Waals surface area contributed by atoms with E-state index in [-0.39, 0.29) is 11.7 Å². The van der Waals surface area contributed by atoms with Crippen LogP contribution in [0, 0.1) is 19.7 Å². The first-order valence-electron chi connectivity index (χ1n) is 7.97. The second-order valence-corrected chi connectivity index (χ2v) is 5.60. The molecule has 0 aliphatic carbocycles. The Bertz CT molecular complexity index is 680. The summed E-state index contributed by atoms with van der Waals surface area (Å²) in [5.41, 5.74) is 3.24. The highest BCUT2D eigenvalue weighted by Crippen LogP contribution is 2.21. The number of halogens is 1. The van der Waals surface area contributed by atoms with Gasteiger partial charge in [0, 0.05) is 43.8 Å². The van der Waals surface area contributed by atoms with Crippen LogP contribution in [0.1, 0.15) is 21.7 Å². The minimum absolute atomic E-state index is 0.106. The summed E-state index contributed by atoms with van der Waals surface area (Å²) in [6, 6.07) is 8.10. The molecule has 1 heterocycles. The number of methoxy groups -OCH3 is 1. The third-order valence-electron chi connectivity index (χ3n) is 3.83. The fourth-order valence-electron chi connectivity index (χ4n) is 2.64. The summed E-state index contributed by atoms with van der Waals surface area (Å²) in [6.45, 7) is 6.45. The Morgan fingerprint density at radius 3 is 2.54 bits per heavy atom. The minimum Gasteiger partial charge on any atom is -0.383 e. The molecule has 6 heteroatoms. The minimum atomic E-state index is -0.278. The molecular formula is C18H24FN3O2.